The highest BCUT2D eigenvalue weighted by Gasteiger charge is 2.28. The van der Waals surface area contributed by atoms with Gasteiger partial charge in [0.1, 0.15) is 12.2 Å². The molecule has 4 atom stereocenters. The number of hydrogen-bond donors (Lipinski definition) is 5. The topological polar surface area (TPSA) is 110 Å². The molecule has 6 nitrogen and oxygen atoms in total. The molecule has 5 N–H and O–H groups in total. The molecule has 0 bridgehead atoms. The van der Waals surface area contributed by atoms with Crippen LogP contribution < -0.4 is 5.32 Å². The maximum atomic E-state index is 12.5. The molecule has 4 unspecified atom stereocenters. The van der Waals surface area contributed by atoms with Crippen molar-refractivity contribution in [3.05, 3.63) is 12.2 Å². The van der Waals surface area contributed by atoms with E-state index in [0.717, 1.165) is 38.5 Å². The van der Waals surface area contributed by atoms with Crippen molar-refractivity contribution in [2.45, 2.75) is 340 Å². The number of carbonyl (C=O) groups excluding carboxylic acids is 1. The van der Waals surface area contributed by atoms with E-state index in [0.29, 0.717) is 12.8 Å². The first kappa shape index (κ1) is 62.1. The van der Waals surface area contributed by atoms with E-state index >= 15 is 0 Å². The Bertz CT molecular complexity index is 913. The van der Waals surface area contributed by atoms with Crippen LogP contribution in [0, 0.1) is 0 Å². The summed E-state index contributed by atoms with van der Waals surface area (Å²) in [7, 11) is 0. The van der Waals surface area contributed by atoms with Crippen molar-refractivity contribution in [3.8, 4) is 0 Å². The fourth-order valence-electron chi connectivity index (χ4n) is 9.23. The maximum Gasteiger partial charge on any atom is 0.249 e. The Balaban J connectivity index is 3.48. The summed E-state index contributed by atoms with van der Waals surface area (Å²) in [6, 6.07) is -0.981. The largest absolute Gasteiger partial charge is 0.394 e. The average Bonchev–Trinajstić information content (AvgIpc) is 3.29. The number of carbonyl (C=O) groups is 1. The molecule has 6 heteroatoms. The SMILES string of the molecule is CCCCCCCCCCCCCCCCCC/C=C\CCCCCCCCCCCCCCCCCCC(O)C(=O)NC(CO)C(O)C(O)CCCCCCCCCCCCC. The first-order chi connectivity index (χ1) is 31.0. The quantitative estimate of drug-likeness (QED) is 0.0309. The van der Waals surface area contributed by atoms with Gasteiger partial charge in [-0.25, -0.2) is 0 Å². The standard InChI is InChI=1S/C57H113NO5/c1-3-5-7-9-11-13-15-16-17-18-19-20-21-22-23-24-25-26-27-28-29-30-31-32-33-34-35-36-37-38-39-41-43-45-47-49-51-55(61)57(63)58-53(52-59)56(62)54(60)50-48-46-44-42-40-14-12-10-8-6-4-2/h26-27,53-56,59-62H,3-25,28-52H2,1-2H3,(H,58,63)/b27-26-. The zero-order chi connectivity index (χ0) is 45.9. The molecule has 0 saturated heterocycles. The Morgan fingerprint density at radius 2 is 0.635 bits per heavy atom. The molecule has 0 heterocycles. The van der Waals surface area contributed by atoms with Crippen molar-refractivity contribution in [2.24, 2.45) is 0 Å². The van der Waals surface area contributed by atoms with Crippen LogP contribution >= 0.6 is 0 Å². The normalized spacial score (nSPS) is 13.8. The number of unbranched alkanes of at least 4 members (excludes halogenated alkanes) is 42. The Morgan fingerprint density at radius 3 is 0.921 bits per heavy atom. The lowest BCUT2D eigenvalue weighted by molar-refractivity contribution is -0.132. The average molecular weight is 893 g/mol. The van der Waals surface area contributed by atoms with Gasteiger partial charge in [0.25, 0.3) is 0 Å². The highest BCUT2D eigenvalue weighted by atomic mass is 16.3. The lowest BCUT2D eigenvalue weighted by Gasteiger charge is -2.27. The van der Waals surface area contributed by atoms with Gasteiger partial charge >= 0.3 is 0 Å². The predicted octanol–water partition coefficient (Wildman–Crippen LogP) is 16.5. The number of nitrogens with one attached hydrogen (secondary N) is 1. The number of hydrogen-bond acceptors (Lipinski definition) is 5. The van der Waals surface area contributed by atoms with E-state index in [1.807, 2.05) is 0 Å². The van der Waals surface area contributed by atoms with Crippen molar-refractivity contribution >= 4 is 5.91 Å². The summed E-state index contributed by atoms with van der Waals surface area (Å²) >= 11 is 0. The predicted molar refractivity (Wildman–Crippen MR) is 275 cm³/mol. The maximum absolute atomic E-state index is 12.5. The molecule has 0 aliphatic rings. The van der Waals surface area contributed by atoms with Gasteiger partial charge in [0, 0.05) is 0 Å². The van der Waals surface area contributed by atoms with E-state index in [2.05, 4.69) is 31.3 Å². The number of allylic oxidation sites excluding steroid dienone is 2. The Morgan fingerprint density at radius 1 is 0.381 bits per heavy atom. The molecule has 0 spiro atoms. The number of rotatable bonds is 53. The van der Waals surface area contributed by atoms with Crippen LogP contribution in [0.3, 0.4) is 0 Å². The van der Waals surface area contributed by atoms with Gasteiger partial charge in [0.05, 0.1) is 18.8 Å². The van der Waals surface area contributed by atoms with E-state index in [1.165, 1.54) is 250 Å². The second-order valence-corrected chi connectivity index (χ2v) is 20.0. The molecule has 0 aliphatic carbocycles. The monoisotopic (exact) mass is 892 g/mol. The third-order valence-corrected chi connectivity index (χ3v) is 13.7. The van der Waals surface area contributed by atoms with Gasteiger partial charge in [-0.2, -0.15) is 0 Å². The summed E-state index contributed by atoms with van der Waals surface area (Å²) in [6.45, 7) is 4.06. The van der Waals surface area contributed by atoms with E-state index in [4.69, 9.17) is 0 Å². The summed E-state index contributed by atoms with van der Waals surface area (Å²) in [5.41, 5.74) is 0. The van der Waals surface area contributed by atoms with Gasteiger partial charge in [0.2, 0.25) is 5.91 Å². The fourth-order valence-corrected chi connectivity index (χ4v) is 9.23. The zero-order valence-electron chi connectivity index (χ0n) is 42.6. The number of aliphatic hydroxyl groups excluding tert-OH is 4. The Hall–Kier alpha value is -0.950. The van der Waals surface area contributed by atoms with Crippen LogP contribution in [0.5, 0.6) is 0 Å². The van der Waals surface area contributed by atoms with Crippen molar-refractivity contribution < 1.29 is 25.2 Å². The first-order valence-corrected chi connectivity index (χ1v) is 28.6. The van der Waals surface area contributed by atoms with Crippen LogP contribution in [0.2, 0.25) is 0 Å². The lowest BCUT2D eigenvalue weighted by atomic mass is 9.99. The first-order valence-electron chi connectivity index (χ1n) is 28.6. The third-order valence-electron chi connectivity index (χ3n) is 13.7. The smallest absolute Gasteiger partial charge is 0.249 e. The van der Waals surface area contributed by atoms with Crippen molar-refractivity contribution in [1.82, 2.24) is 5.32 Å². The summed E-state index contributed by atoms with van der Waals surface area (Å²) < 4.78 is 0. The molecule has 63 heavy (non-hydrogen) atoms. The van der Waals surface area contributed by atoms with E-state index in [-0.39, 0.29) is 0 Å². The van der Waals surface area contributed by atoms with E-state index in [1.54, 1.807) is 0 Å². The summed E-state index contributed by atoms with van der Waals surface area (Å²) in [5, 5.41) is 43.8. The molecule has 0 aromatic rings. The van der Waals surface area contributed by atoms with Crippen LogP contribution in [-0.4, -0.2) is 57.3 Å². The molecule has 0 aromatic carbocycles. The number of aliphatic hydroxyl groups is 4. The molecular weight excluding hydrogens is 779 g/mol. The van der Waals surface area contributed by atoms with E-state index in [9.17, 15) is 25.2 Å². The Kier molecular flexibility index (Phi) is 51.2. The van der Waals surface area contributed by atoms with Gasteiger partial charge in [-0.05, 0) is 38.5 Å². The lowest BCUT2D eigenvalue weighted by Crippen LogP contribution is -2.53. The van der Waals surface area contributed by atoms with Crippen molar-refractivity contribution in [1.29, 1.82) is 0 Å². The minimum atomic E-state index is -1.25. The molecule has 376 valence electrons. The minimum absolute atomic E-state index is 0.373. The number of amides is 1. The second kappa shape index (κ2) is 52.0. The highest BCUT2D eigenvalue weighted by Crippen LogP contribution is 2.18. The van der Waals surface area contributed by atoms with Crippen LogP contribution in [0.1, 0.15) is 316 Å². The minimum Gasteiger partial charge on any atom is -0.394 e. The van der Waals surface area contributed by atoms with E-state index < -0.39 is 36.9 Å². The summed E-state index contributed by atoms with van der Waals surface area (Å²) in [5.74, 6) is -0.580. The van der Waals surface area contributed by atoms with Gasteiger partial charge in [-0.1, -0.05) is 289 Å². The third kappa shape index (κ3) is 46.0. The van der Waals surface area contributed by atoms with Gasteiger partial charge in [-0.3, -0.25) is 4.79 Å². The summed E-state index contributed by atoms with van der Waals surface area (Å²) in [6.07, 6.45) is 61.7. The Labute approximate surface area is 393 Å². The molecule has 0 aliphatic heterocycles. The van der Waals surface area contributed by atoms with Gasteiger partial charge in [0.15, 0.2) is 0 Å². The fraction of sp³-hybridized carbons (Fsp3) is 0.947. The van der Waals surface area contributed by atoms with Crippen LogP contribution in [0.15, 0.2) is 12.2 Å². The molecule has 1 amide bonds. The van der Waals surface area contributed by atoms with Crippen LogP contribution in [-0.2, 0) is 4.79 Å². The molecule has 0 saturated carbocycles. The van der Waals surface area contributed by atoms with Crippen molar-refractivity contribution in [2.75, 3.05) is 6.61 Å². The molecule has 0 radical (unpaired) electrons. The molecule has 0 rings (SSSR count). The zero-order valence-corrected chi connectivity index (χ0v) is 42.6. The van der Waals surface area contributed by atoms with Gasteiger partial charge < -0.3 is 25.7 Å². The van der Waals surface area contributed by atoms with Gasteiger partial charge in [-0.15, -0.1) is 0 Å². The van der Waals surface area contributed by atoms with Crippen molar-refractivity contribution in [3.63, 3.8) is 0 Å². The van der Waals surface area contributed by atoms with Crippen LogP contribution in [0.25, 0.3) is 0 Å². The van der Waals surface area contributed by atoms with Crippen LogP contribution in [0.4, 0.5) is 0 Å². The molecular formula is C57H113NO5. The molecule has 0 fully saturated rings. The second-order valence-electron chi connectivity index (χ2n) is 20.0. The highest BCUT2D eigenvalue weighted by molar-refractivity contribution is 5.80. The summed E-state index contributed by atoms with van der Waals surface area (Å²) in [4.78, 5) is 12.5. The molecule has 0 aromatic heterocycles.